The van der Waals surface area contributed by atoms with Gasteiger partial charge in [0, 0.05) is 35.7 Å². The Hall–Kier alpha value is -4.33. The number of aryl methyl sites for hydroxylation is 1. The SMILES string of the molecule is Cc1cn(-c2nccc3[nH]c(-c4n[nH]c5ccc(-c6ccncc6)nc45)cc23)cn1. The molecule has 0 radical (unpaired) electrons. The van der Waals surface area contributed by atoms with Crippen molar-refractivity contribution >= 4 is 21.9 Å². The van der Waals surface area contributed by atoms with Crippen LogP contribution in [0.4, 0.5) is 0 Å². The molecule has 6 aromatic rings. The van der Waals surface area contributed by atoms with Crippen molar-refractivity contribution in [3.05, 3.63) is 73.2 Å². The second kappa shape index (κ2) is 6.35. The van der Waals surface area contributed by atoms with Gasteiger partial charge in [0.05, 0.1) is 28.1 Å². The summed E-state index contributed by atoms with van der Waals surface area (Å²) >= 11 is 0. The van der Waals surface area contributed by atoms with E-state index >= 15 is 0 Å². The first-order valence-corrected chi connectivity index (χ1v) is 9.51. The van der Waals surface area contributed by atoms with Crippen molar-refractivity contribution < 1.29 is 0 Å². The van der Waals surface area contributed by atoms with Gasteiger partial charge in [-0.25, -0.2) is 15.0 Å². The number of nitrogens with zero attached hydrogens (tertiary/aromatic N) is 6. The Labute approximate surface area is 170 Å². The fraction of sp³-hybridized carbons (Fsp3) is 0.0455. The summed E-state index contributed by atoms with van der Waals surface area (Å²) in [4.78, 5) is 21.3. The molecule has 0 atom stereocenters. The van der Waals surface area contributed by atoms with E-state index in [1.807, 2.05) is 48.0 Å². The standard InChI is InChI=1S/C22H16N8/c1-13-11-30(12-25-13)22-15-10-19(26-17(15)6-9-24-22)21-20-18(28-29-21)3-2-16(27-20)14-4-7-23-8-5-14/h2-12,26H,1H3,(H,28,29). The van der Waals surface area contributed by atoms with Crippen LogP contribution in [0.15, 0.2) is 67.5 Å². The highest BCUT2D eigenvalue weighted by molar-refractivity contribution is 5.96. The number of hydrogen-bond donors (Lipinski definition) is 2. The van der Waals surface area contributed by atoms with E-state index in [9.17, 15) is 0 Å². The molecule has 0 aliphatic heterocycles. The molecule has 0 saturated heterocycles. The zero-order valence-corrected chi connectivity index (χ0v) is 16.0. The monoisotopic (exact) mass is 392 g/mol. The molecule has 6 aromatic heterocycles. The summed E-state index contributed by atoms with van der Waals surface area (Å²) < 4.78 is 1.93. The van der Waals surface area contributed by atoms with Crippen molar-refractivity contribution in [1.29, 1.82) is 0 Å². The number of aromatic amines is 2. The van der Waals surface area contributed by atoms with E-state index in [0.29, 0.717) is 0 Å². The molecule has 144 valence electrons. The van der Waals surface area contributed by atoms with E-state index < -0.39 is 0 Å². The highest BCUT2D eigenvalue weighted by Gasteiger charge is 2.16. The summed E-state index contributed by atoms with van der Waals surface area (Å²) in [5, 5.41) is 8.61. The van der Waals surface area contributed by atoms with E-state index in [1.165, 1.54) is 0 Å². The Morgan fingerprint density at radius 3 is 2.67 bits per heavy atom. The Bertz CT molecular complexity index is 1510. The van der Waals surface area contributed by atoms with Crippen LogP contribution in [-0.4, -0.2) is 39.7 Å². The molecule has 0 amide bonds. The lowest BCUT2D eigenvalue weighted by Gasteiger charge is -2.01. The van der Waals surface area contributed by atoms with E-state index in [0.717, 1.165) is 56.1 Å². The van der Waals surface area contributed by atoms with Gasteiger partial charge in [-0.2, -0.15) is 5.10 Å². The first-order valence-electron chi connectivity index (χ1n) is 9.51. The maximum atomic E-state index is 4.86. The molecule has 0 saturated carbocycles. The van der Waals surface area contributed by atoms with E-state index in [2.05, 4.69) is 36.2 Å². The van der Waals surface area contributed by atoms with Crippen LogP contribution in [0.2, 0.25) is 0 Å². The van der Waals surface area contributed by atoms with Gasteiger partial charge >= 0.3 is 0 Å². The van der Waals surface area contributed by atoms with Gasteiger partial charge in [0.1, 0.15) is 23.4 Å². The predicted molar refractivity (Wildman–Crippen MR) is 114 cm³/mol. The van der Waals surface area contributed by atoms with Gasteiger partial charge in [-0.05, 0) is 43.3 Å². The average molecular weight is 392 g/mol. The van der Waals surface area contributed by atoms with Gasteiger partial charge in [-0.3, -0.25) is 14.6 Å². The van der Waals surface area contributed by atoms with Crippen LogP contribution in [0.25, 0.3) is 50.4 Å². The fourth-order valence-corrected chi connectivity index (χ4v) is 3.68. The molecule has 0 bridgehead atoms. The van der Waals surface area contributed by atoms with Gasteiger partial charge < -0.3 is 4.98 Å². The van der Waals surface area contributed by atoms with Gasteiger partial charge in [-0.1, -0.05) is 0 Å². The van der Waals surface area contributed by atoms with Gasteiger partial charge in [0.25, 0.3) is 0 Å². The van der Waals surface area contributed by atoms with Gasteiger partial charge in [0.15, 0.2) is 0 Å². The molecular formula is C22H16N8. The molecule has 6 rings (SSSR count). The molecule has 8 nitrogen and oxygen atoms in total. The van der Waals surface area contributed by atoms with Crippen LogP contribution in [0, 0.1) is 6.92 Å². The first kappa shape index (κ1) is 16.6. The lowest BCUT2D eigenvalue weighted by molar-refractivity contribution is 1.01. The van der Waals surface area contributed by atoms with Crippen LogP contribution in [-0.2, 0) is 0 Å². The van der Waals surface area contributed by atoms with E-state index in [4.69, 9.17) is 4.98 Å². The third kappa shape index (κ3) is 2.58. The van der Waals surface area contributed by atoms with Crippen molar-refractivity contribution in [1.82, 2.24) is 39.7 Å². The van der Waals surface area contributed by atoms with Crippen LogP contribution in [0.5, 0.6) is 0 Å². The van der Waals surface area contributed by atoms with Crippen LogP contribution < -0.4 is 0 Å². The number of H-pyrrole nitrogens is 2. The van der Waals surface area contributed by atoms with Gasteiger partial charge in [0.2, 0.25) is 0 Å². The number of hydrogen-bond acceptors (Lipinski definition) is 5. The smallest absolute Gasteiger partial charge is 0.147 e. The van der Waals surface area contributed by atoms with Crippen LogP contribution >= 0.6 is 0 Å². The largest absolute Gasteiger partial charge is 0.353 e. The molecule has 0 aromatic carbocycles. The topological polar surface area (TPSA) is 101 Å². The second-order valence-electron chi connectivity index (χ2n) is 7.10. The Morgan fingerprint density at radius 1 is 0.933 bits per heavy atom. The maximum Gasteiger partial charge on any atom is 0.147 e. The average Bonchev–Trinajstić information content (AvgIpc) is 3.51. The minimum Gasteiger partial charge on any atom is -0.353 e. The molecular weight excluding hydrogens is 376 g/mol. The van der Waals surface area contributed by atoms with Crippen LogP contribution in [0.1, 0.15) is 5.69 Å². The third-order valence-electron chi connectivity index (χ3n) is 5.12. The highest BCUT2D eigenvalue weighted by Crippen LogP contribution is 2.31. The molecule has 2 N–H and O–H groups in total. The number of pyridine rings is 3. The zero-order chi connectivity index (χ0) is 20.1. The highest BCUT2D eigenvalue weighted by atomic mass is 15.1. The molecule has 0 fully saturated rings. The van der Waals surface area contributed by atoms with E-state index in [1.54, 1.807) is 24.9 Å². The normalized spacial score (nSPS) is 11.5. The Kier molecular flexibility index (Phi) is 3.51. The van der Waals surface area contributed by atoms with Gasteiger partial charge in [-0.15, -0.1) is 0 Å². The summed E-state index contributed by atoms with van der Waals surface area (Å²) in [6, 6.07) is 11.9. The minimum absolute atomic E-state index is 0.768. The van der Waals surface area contributed by atoms with Crippen molar-refractivity contribution in [3.8, 4) is 28.5 Å². The summed E-state index contributed by atoms with van der Waals surface area (Å²) in [6.07, 6.45) is 9.05. The molecule has 30 heavy (non-hydrogen) atoms. The maximum absolute atomic E-state index is 4.86. The summed E-state index contributed by atoms with van der Waals surface area (Å²) in [5.74, 6) is 0.820. The summed E-state index contributed by atoms with van der Waals surface area (Å²) in [6.45, 7) is 1.96. The predicted octanol–water partition coefficient (Wildman–Crippen LogP) is 4.06. The quantitative estimate of drug-likeness (QED) is 0.473. The molecule has 0 spiro atoms. The van der Waals surface area contributed by atoms with Crippen LogP contribution in [0.3, 0.4) is 0 Å². The van der Waals surface area contributed by atoms with Crippen molar-refractivity contribution in [2.24, 2.45) is 0 Å². The number of aromatic nitrogens is 8. The van der Waals surface area contributed by atoms with Crippen molar-refractivity contribution in [3.63, 3.8) is 0 Å². The second-order valence-corrected chi connectivity index (χ2v) is 7.10. The Balaban J connectivity index is 1.52. The molecule has 0 aliphatic carbocycles. The summed E-state index contributed by atoms with van der Waals surface area (Å²) in [5.41, 5.74) is 7.14. The minimum atomic E-state index is 0.768. The third-order valence-corrected chi connectivity index (χ3v) is 5.12. The lowest BCUT2D eigenvalue weighted by atomic mass is 10.1. The fourth-order valence-electron chi connectivity index (χ4n) is 3.68. The summed E-state index contributed by atoms with van der Waals surface area (Å²) in [7, 11) is 0. The first-order chi connectivity index (χ1) is 14.8. The molecule has 0 aliphatic rings. The number of fused-ring (bicyclic) bond motifs is 2. The Morgan fingerprint density at radius 2 is 1.83 bits per heavy atom. The number of imidazole rings is 1. The zero-order valence-electron chi connectivity index (χ0n) is 16.0. The number of rotatable bonds is 3. The molecule has 8 heteroatoms. The lowest BCUT2D eigenvalue weighted by Crippen LogP contribution is -1.94. The number of nitrogens with one attached hydrogen (secondary N) is 2. The molecule has 0 unspecified atom stereocenters. The molecule has 6 heterocycles. The van der Waals surface area contributed by atoms with Crippen molar-refractivity contribution in [2.45, 2.75) is 6.92 Å². The van der Waals surface area contributed by atoms with E-state index in [-0.39, 0.29) is 0 Å². The van der Waals surface area contributed by atoms with Crippen molar-refractivity contribution in [2.75, 3.05) is 0 Å².